The van der Waals surface area contributed by atoms with Crippen LogP contribution in [0, 0.1) is 18.3 Å². The van der Waals surface area contributed by atoms with Gasteiger partial charge >= 0.3 is 0 Å². The summed E-state index contributed by atoms with van der Waals surface area (Å²) in [5.41, 5.74) is 2.47. The zero-order chi connectivity index (χ0) is 13.8. The maximum absolute atomic E-state index is 11.7. The number of hydrogen-bond donors (Lipinski definition) is 1. The molecular weight excluding hydrogens is 242 g/mol. The van der Waals surface area contributed by atoms with E-state index in [2.05, 4.69) is 5.32 Å². The van der Waals surface area contributed by atoms with Gasteiger partial charge in [0.25, 0.3) is 0 Å². The average Bonchev–Trinajstić information content (AvgIpc) is 2.76. The fourth-order valence-electron chi connectivity index (χ4n) is 2.22. The van der Waals surface area contributed by atoms with Crippen LogP contribution in [0.25, 0.3) is 0 Å². The van der Waals surface area contributed by atoms with E-state index < -0.39 is 0 Å². The average molecular weight is 257 g/mol. The second-order valence-corrected chi connectivity index (χ2v) is 4.53. The molecule has 5 heteroatoms. The van der Waals surface area contributed by atoms with Crippen molar-refractivity contribution in [2.75, 3.05) is 16.8 Å². The Kier molecular flexibility index (Phi) is 3.81. The number of anilines is 2. The van der Waals surface area contributed by atoms with Crippen LogP contribution in [-0.2, 0) is 9.59 Å². The molecule has 0 bridgehead atoms. The van der Waals surface area contributed by atoms with Crippen molar-refractivity contribution in [3.8, 4) is 6.07 Å². The number of carbonyl (C=O) groups is 2. The van der Waals surface area contributed by atoms with Crippen molar-refractivity contribution in [3.63, 3.8) is 0 Å². The zero-order valence-electron chi connectivity index (χ0n) is 10.8. The van der Waals surface area contributed by atoms with Crippen LogP contribution in [0.3, 0.4) is 0 Å². The lowest BCUT2D eigenvalue weighted by molar-refractivity contribution is -0.117. The molecule has 0 saturated carbocycles. The van der Waals surface area contributed by atoms with E-state index in [0.717, 1.165) is 24.2 Å². The molecule has 0 radical (unpaired) electrons. The third-order valence-corrected chi connectivity index (χ3v) is 3.08. The van der Waals surface area contributed by atoms with Crippen molar-refractivity contribution >= 4 is 23.2 Å². The molecule has 0 aliphatic carbocycles. The van der Waals surface area contributed by atoms with Gasteiger partial charge in [-0.05, 0) is 37.1 Å². The predicted octanol–water partition coefficient (Wildman–Crippen LogP) is 1.97. The molecule has 5 nitrogen and oxygen atoms in total. The van der Waals surface area contributed by atoms with Crippen LogP contribution in [0.1, 0.15) is 24.8 Å². The first kappa shape index (κ1) is 13.1. The number of rotatable bonds is 3. The molecule has 2 amide bonds. The van der Waals surface area contributed by atoms with Crippen molar-refractivity contribution in [1.82, 2.24) is 0 Å². The first-order valence-corrected chi connectivity index (χ1v) is 6.19. The smallest absolute Gasteiger partial charge is 0.238 e. The van der Waals surface area contributed by atoms with Crippen molar-refractivity contribution in [3.05, 3.63) is 23.8 Å². The Bertz CT molecular complexity index is 560. The predicted molar refractivity (Wildman–Crippen MR) is 71.6 cm³/mol. The van der Waals surface area contributed by atoms with Crippen LogP contribution in [-0.4, -0.2) is 18.4 Å². The minimum Gasteiger partial charge on any atom is -0.325 e. The van der Waals surface area contributed by atoms with Gasteiger partial charge in [-0.2, -0.15) is 5.26 Å². The Morgan fingerprint density at radius 3 is 2.89 bits per heavy atom. The van der Waals surface area contributed by atoms with Crippen LogP contribution in [0.4, 0.5) is 11.4 Å². The van der Waals surface area contributed by atoms with E-state index in [0.29, 0.717) is 12.1 Å². The van der Waals surface area contributed by atoms with E-state index in [1.54, 1.807) is 17.0 Å². The molecule has 98 valence electrons. The number of benzene rings is 1. The van der Waals surface area contributed by atoms with E-state index in [1.165, 1.54) is 0 Å². The minimum absolute atomic E-state index is 0.143. The van der Waals surface area contributed by atoms with Crippen LogP contribution in [0.5, 0.6) is 0 Å². The van der Waals surface area contributed by atoms with Gasteiger partial charge in [-0.1, -0.05) is 0 Å². The molecule has 0 aromatic heterocycles. The number of aryl methyl sites for hydroxylation is 1. The van der Waals surface area contributed by atoms with Crippen LogP contribution >= 0.6 is 0 Å². The van der Waals surface area contributed by atoms with E-state index >= 15 is 0 Å². The molecule has 19 heavy (non-hydrogen) atoms. The summed E-state index contributed by atoms with van der Waals surface area (Å²) < 4.78 is 0. The third kappa shape index (κ3) is 2.91. The Labute approximate surface area is 111 Å². The largest absolute Gasteiger partial charge is 0.325 e. The van der Waals surface area contributed by atoms with Crippen LogP contribution in [0.2, 0.25) is 0 Å². The summed E-state index contributed by atoms with van der Waals surface area (Å²) in [4.78, 5) is 24.8. The summed E-state index contributed by atoms with van der Waals surface area (Å²) in [6.07, 6.45) is 1.32. The molecule has 1 N–H and O–H groups in total. The Balaban J connectivity index is 2.15. The summed E-state index contributed by atoms with van der Waals surface area (Å²) in [6, 6.07) is 7.20. The number of nitrogens with zero attached hydrogens (tertiary/aromatic N) is 2. The molecule has 1 aliphatic heterocycles. The first-order chi connectivity index (χ1) is 9.11. The van der Waals surface area contributed by atoms with E-state index in [1.807, 2.05) is 19.1 Å². The highest BCUT2D eigenvalue weighted by Gasteiger charge is 2.22. The normalized spacial score (nSPS) is 14.3. The summed E-state index contributed by atoms with van der Waals surface area (Å²) in [5.74, 6) is -0.184. The number of amides is 2. The highest BCUT2D eigenvalue weighted by molar-refractivity contribution is 5.97. The van der Waals surface area contributed by atoms with Gasteiger partial charge in [0, 0.05) is 24.3 Å². The number of carbonyl (C=O) groups excluding carboxylic acids is 2. The molecule has 0 atom stereocenters. The highest BCUT2D eigenvalue weighted by atomic mass is 16.2. The highest BCUT2D eigenvalue weighted by Crippen LogP contribution is 2.27. The number of nitrogens with one attached hydrogen (secondary N) is 1. The van der Waals surface area contributed by atoms with Crippen molar-refractivity contribution in [2.45, 2.75) is 26.2 Å². The molecule has 1 aromatic rings. The molecule has 1 saturated heterocycles. The third-order valence-electron chi connectivity index (χ3n) is 3.08. The molecule has 0 spiro atoms. The monoisotopic (exact) mass is 257 g/mol. The molecular formula is C14H15N3O2. The summed E-state index contributed by atoms with van der Waals surface area (Å²) in [5, 5.41) is 11.1. The summed E-state index contributed by atoms with van der Waals surface area (Å²) in [7, 11) is 0. The molecule has 1 fully saturated rings. The fourth-order valence-corrected chi connectivity index (χ4v) is 2.22. The molecule has 1 aromatic carbocycles. The van der Waals surface area contributed by atoms with Crippen molar-refractivity contribution in [2.24, 2.45) is 0 Å². The van der Waals surface area contributed by atoms with Crippen LogP contribution in [0.15, 0.2) is 18.2 Å². The van der Waals surface area contributed by atoms with Gasteiger partial charge in [0.15, 0.2) is 0 Å². The van der Waals surface area contributed by atoms with Gasteiger partial charge in [-0.3, -0.25) is 9.59 Å². The van der Waals surface area contributed by atoms with Crippen molar-refractivity contribution < 1.29 is 9.59 Å². The van der Waals surface area contributed by atoms with Gasteiger partial charge in [0.2, 0.25) is 11.8 Å². The van der Waals surface area contributed by atoms with E-state index in [4.69, 9.17) is 5.26 Å². The zero-order valence-corrected chi connectivity index (χ0v) is 10.8. The second-order valence-electron chi connectivity index (χ2n) is 4.53. The maximum atomic E-state index is 11.7. The van der Waals surface area contributed by atoms with Gasteiger partial charge < -0.3 is 10.2 Å². The second kappa shape index (κ2) is 5.53. The van der Waals surface area contributed by atoms with Gasteiger partial charge in [-0.25, -0.2) is 0 Å². The quantitative estimate of drug-likeness (QED) is 0.899. The Morgan fingerprint density at radius 2 is 2.32 bits per heavy atom. The summed E-state index contributed by atoms with van der Waals surface area (Å²) >= 11 is 0. The molecule has 1 aliphatic rings. The minimum atomic E-state index is -0.327. The Hall–Kier alpha value is -2.35. The lowest BCUT2D eigenvalue weighted by atomic mass is 10.1. The lowest BCUT2D eigenvalue weighted by Crippen LogP contribution is -2.24. The lowest BCUT2D eigenvalue weighted by Gasteiger charge is -2.19. The van der Waals surface area contributed by atoms with Crippen LogP contribution < -0.4 is 10.2 Å². The standard InChI is InChI=1S/C14H15N3O2/c1-10-9-11(16-13(18)6-7-15)4-5-12(10)17-8-2-3-14(17)19/h4-5,9H,2-3,6,8H2,1H3,(H,16,18). The number of hydrogen-bond acceptors (Lipinski definition) is 3. The van der Waals surface area contributed by atoms with E-state index in [-0.39, 0.29) is 18.2 Å². The first-order valence-electron chi connectivity index (χ1n) is 6.19. The van der Waals surface area contributed by atoms with Crippen molar-refractivity contribution in [1.29, 1.82) is 5.26 Å². The number of nitriles is 1. The maximum Gasteiger partial charge on any atom is 0.238 e. The molecule has 0 unspecified atom stereocenters. The molecule has 1 heterocycles. The van der Waals surface area contributed by atoms with E-state index in [9.17, 15) is 9.59 Å². The van der Waals surface area contributed by atoms with Gasteiger partial charge in [-0.15, -0.1) is 0 Å². The fraction of sp³-hybridized carbons (Fsp3) is 0.357. The summed E-state index contributed by atoms with van der Waals surface area (Å²) in [6.45, 7) is 2.65. The van der Waals surface area contributed by atoms with Gasteiger partial charge in [0.1, 0.15) is 6.42 Å². The Morgan fingerprint density at radius 1 is 1.53 bits per heavy atom. The topological polar surface area (TPSA) is 73.2 Å². The molecule has 2 rings (SSSR count). The van der Waals surface area contributed by atoms with Gasteiger partial charge in [0.05, 0.1) is 6.07 Å². The SMILES string of the molecule is Cc1cc(NC(=O)CC#N)ccc1N1CCCC1=O.